The third kappa shape index (κ3) is 6.74. The number of carbonyl (C=O) groups is 1. The Kier molecular flexibility index (Phi) is 6.33. The van der Waals surface area contributed by atoms with Crippen LogP contribution in [-0.4, -0.2) is 23.8 Å². The van der Waals surface area contributed by atoms with Gasteiger partial charge in [0.2, 0.25) is 0 Å². The van der Waals surface area contributed by atoms with Gasteiger partial charge in [-0.05, 0) is 31.7 Å². The van der Waals surface area contributed by atoms with E-state index in [4.69, 9.17) is 9.84 Å². The largest absolute Gasteiger partial charge is 0.465 e. The van der Waals surface area contributed by atoms with Gasteiger partial charge in [0.05, 0.1) is 19.1 Å². The fourth-order valence-corrected chi connectivity index (χ4v) is 1.54. The smallest absolute Gasteiger partial charge is 0.310 e. The summed E-state index contributed by atoms with van der Waals surface area (Å²) in [7, 11) is 0. The van der Waals surface area contributed by atoms with Crippen LogP contribution in [0.1, 0.15) is 31.7 Å². The van der Waals surface area contributed by atoms with Gasteiger partial charge in [0, 0.05) is 0 Å². The molecule has 17 heavy (non-hydrogen) atoms. The molecule has 1 aromatic rings. The first-order valence-corrected chi connectivity index (χ1v) is 6.06. The van der Waals surface area contributed by atoms with Crippen LogP contribution in [0.5, 0.6) is 0 Å². The molecule has 0 saturated carbocycles. The molecule has 1 aromatic carbocycles. The fraction of sp³-hybridized carbons (Fsp3) is 0.500. The second kappa shape index (κ2) is 7.85. The third-order valence-corrected chi connectivity index (χ3v) is 2.47. The molecule has 0 fully saturated rings. The Hall–Kier alpha value is -1.35. The van der Waals surface area contributed by atoms with Crippen molar-refractivity contribution in [1.82, 2.24) is 0 Å². The number of ether oxygens (including phenoxy) is 1. The molecule has 1 N–H and O–H groups in total. The van der Waals surface area contributed by atoms with Crippen molar-refractivity contribution in [3.8, 4) is 0 Å². The Balaban J connectivity index is 2.10. The van der Waals surface area contributed by atoms with Gasteiger partial charge >= 0.3 is 5.97 Å². The van der Waals surface area contributed by atoms with Crippen LogP contribution in [0, 0.1) is 0 Å². The highest BCUT2D eigenvalue weighted by Crippen LogP contribution is 2.03. The van der Waals surface area contributed by atoms with Crippen molar-refractivity contribution < 1.29 is 14.6 Å². The van der Waals surface area contributed by atoms with E-state index in [0.29, 0.717) is 13.0 Å². The zero-order valence-corrected chi connectivity index (χ0v) is 10.3. The van der Waals surface area contributed by atoms with Crippen molar-refractivity contribution >= 4 is 5.97 Å². The van der Waals surface area contributed by atoms with Crippen LogP contribution in [0.3, 0.4) is 0 Å². The molecule has 3 nitrogen and oxygen atoms in total. The maximum absolute atomic E-state index is 11.4. The maximum atomic E-state index is 11.4. The van der Waals surface area contributed by atoms with Crippen LogP contribution in [0.2, 0.25) is 0 Å². The number of benzene rings is 1. The summed E-state index contributed by atoms with van der Waals surface area (Å²) in [5.41, 5.74) is 0.974. The highest BCUT2D eigenvalue weighted by atomic mass is 16.5. The minimum Gasteiger partial charge on any atom is -0.465 e. The van der Waals surface area contributed by atoms with Crippen molar-refractivity contribution in [2.75, 3.05) is 6.61 Å². The van der Waals surface area contributed by atoms with Gasteiger partial charge in [-0.2, -0.15) is 0 Å². The summed E-state index contributed by atoms with van der Waals surface area (Å²) in [5, 5.41) is 9.05. The van der Waals surface area contributed by atoms with Crippen molar-refractivity contribution in [1.29, 1.82) is 0 Å². The lowest BCUT2D eigenvalue weighted by Crippen LogP contribution is -2.09. The number of hydrogen-bond donors (Lipinski definition) is 1. The Morgan fingerprint density at radius 2 is 2.00 bits per heavy atom. The highest BCUT2D eigenvalue weighted by Gasteiger charge is 2.04. The monoisotopic (exact) mass is 236 g/mol. The zero-order valence-electron chi connectivity index (χ0n) is 10.3. The van der Waals surface area contributed by atoms with Crippen LogP contribution >= 0.6 is 0 Å². The number of aliphatic hydroxyl groups excluding tert-OH is 1. The van der Waals surface area contributed by atoms with Gasteiger partial charge in [-0.15, -0.1) is 0 Å². The number of unbranched alkanes of at least 4 members (excludes halogenated alkanes) is 1. The summed E-state index contributed by atoms with van der Waals surface area (Å²) in [6.45, 7) is 2.21. The minimum absolute atomic E-state index is 0.187. The van der Waals surface area contributed by atoms with Gasteiger partial charge in [0.15, 0.2) is 0 Å². The van der Waals surface area contributed by atoms with E-state index in [0.717, 1.165) is 24.8 Å². The standard InChI is InChI=1S/C14H20O3/c1-12(15)7-5-6-10-17-14(16)11-13-8-3-2-4-9-13/h2-4,8-9,12,15H,5-7,10-11H2,1H3. The van der Waals surface area contributed by atoms with Crippen LogP contribution in [0.4, 0.5) is 0 Å². The topological polar surface area (TPSA) is 46.5 Å². The third-order valence-electron chi connectivity index (χ3n) is 2.47. The van der Waals surface area contributed by atoms with E-state index in [-0.39, 0.29) is 12.1 Å². The molecule has 0 aliphatic rings. The summed E-state index contributed by atoms with van der Waals surface area (Å²) in [4.78, 5) is 11.4. The van der Waals surface area contributed by atoms with E-state index in [1.165, 1.54) is 0 Å². The molecular formula is C14H20O3. The summed E-state index contributed by atoms with van der Waals surface area (Å²) >= 11 is 0. The number of hydrogen-bond acceptors (Lipinski definition) is 3. The summed E-state index contributed by atoms with van der Waals surface area (Å²) in [6, 6.07) is 9.56. The molecule has 0 spiro atoms. The van der Waals surface area contributed by atoms with E-state index in [9.17, 15) is 4.79 Å². The molecule has 0 aromatic heterocycles. The van der Waals surface area contributed by atoms with Crippen LogP contribution in [0.25, 0.3) is 0 Å². The number of aliphatic hydroxyl groups is 1. The van der Waals surface area contributed by atoms with Gasteiger partial charge in [0.1, 0.15) is 0 Å². The molecule has 1 atom stereocenters. The molecule has 0 saturated heterocycles. The average Bonchev–Trinajstić information content (AvgIpc) is 2.29. The van der Waals surface area contributed by atoms with Crippen molar-refractivity contribution in [2.45, 2.75) is 38.7 Å². The first-order chi connectivity index (χ1) is 8.18. The van der Waals surface area contributed by atoms with Crippen LogP contribution in [0.15, 0.2) is 30.3 Å². The molecule has 1 rings (SSSR count). The van der Waals surface area contributed by atoms with Gasteiger partial charge in [-0.1, -0.05) is 30.3 Å². The molecule has 1 unspecified atom stereocenters. The highest BCUT2D eigenvalue weighted by molar-refractivity contribution is 5.72. The molecule has 0 aliphatic heterocycles. The van der Waals surface area contributed by atoms with Crippen LogP contribution < -0.4 is 0 Å². The molecule has 0 amide bonds. The molecule has 0 bridgehead atoms. The second-order valence-corrected chi connectivity index (χ2v) is 4.23. The Bertz CT molecular complexity index is 319. The van der Waals surface area contributed by atoms with E-state index in [2.05, 4.69) is 0 Å². The Morgan fingerprint density at radius 1 is 1.29 bits per heavy atom. The van der Waals surface area contributed by atoms with Gasteiger partial charge < -0.3 is 9.84 Å². The van der Waals surface area contributed by atoms with E-state index >= 15 is 0 Å². The Morgan fingerprint density at radius 3 is 2.65 bits per heavy atom. The molecule has 0 heterocycles. The normalized spacial score (nSPS) is 12.1. The van der Waals surface area contributed by atoms with Gasteiger partial charge in [-0.25, -0.2) is 0 Å². The second-order valence-electron chi connectivity index (χ2n) is 4.23. The molecule has 94 valence electrons. The molecule has 0 radical (unpaired) electrons. The van der Waals surface area contributed by atoms with E-state index in [1.54, 1.807) is 6.92 Å². The SMILES string of the molecule is CC(O)CCCCOC(=O)Cc1ccccc1. The fourth-order valence-electron chi connectivity index (χ4n) is 1.54. The predicted octanol–water partition coefficient (Wildman–Crippen LogP) is 2.32. The molecular weight excluding hydrogens is 216 g/mol. The number of rotatable bonds is 7. The lowest BCUT2D eigenvalue weighted by Gasteiger charge is -2.06. The Labute approximate surface area is 102 Å². The zero-order chi connectivity index (χ0) is 12.5. The first kappa shape index (κ1) is 13.7. The molecule has 0 aliphatic carbocycles. The predicted molar refractivity (Wildman–Crippen MR) is 66.6 cm³/mol. The quantitative estimate of drug-likeness (QED) is 0.584. The number of carbonyl (C=O) groups excluding carboxylic acids is 1. The lowest BCUT2D eigenvalue weighted by molar-refractivity contribution is -0.142. The summed E-state index contributed by atoms with van der Waals surface area (Å²) in [5.74, 6) is -0.187. The van der Waals surface area contributed by atoms with E-state index in [1.807, 2.05) is 30.3 Å². The van der Waals surface area contributed by atoms with E-state index < -0.39 is 0 Å². The number of esters is 1. The van der Waals surface area contributed by atoms with Crippen molar-refractivity contribution in [3.05, 3.63) is 35.9 Å². The van der Waals surface area contributed by atoms with Gasteiger partial charge in [0.25, 0.3) is 0 Å². The maximum Gasteiger partial charge on any atom is 0.310 e. The molecule has 3 heteroatoms. The summed E-state index contributed by atoms with van der Waals surface area (Å²) < 4.78 is 5.11. The van der Waals surface area contributed by atoms with Crippen LogP contribution in [-0.2, 0) is 16.0 Å². The van der Waals surface area contributed by atoms with Crippen molar-refractivity contribution in [2.24, 2.45) is 0 Å². The summed E-state index contributed by atoms with van der Waals surface area (Å²) in [6.07, 6.45) is 2.52. The average molecular weight is 236 g/mol. The van der Waals surface area contributed by atoms with Gasteiger partial charge in [-0.3, -0.25) is 4.79 Å². The lowest BCUT2D eigenvalue weighted by atomic mass is 10.1. The first-order valence-electron chi connectivity index (χ1n) is 6.06. The van der Waals surface area contributed by atoms with Crippen molar-refractivity contribution in [3.63, 3.8) is 0 Å². The minimum atomic E-state index is -0.268.